The summed E-state index contributed by atoms with van der Waals surface area (Å²) in [5.74, 6) is -0.0323. The molecule has 0 radical (unpaired) electrons. The zero-order valence-electron chi connectivity index (χ0n) is 18.9. The van der Waals surface area contributed by atoms with Crippen molar-refractivity contribution in [2.45, 2.75) is 19.8 Å². The molecule has 3 N–H and O–H groups in total. The predicted octanol–water partition coefficient (Wildman–Crippen LogP) is 5.56. The first-order valence-electron chi connectivity index (χ1n) is 11.3. The lowest BCUT2D eigenvalue weighted by atomic mass is 10.1. The summed E-state index contributed by atoms with van der Waals surface area (Å²) in [5.41, 5.74) is 7.34. The molecule has 0 aliphatic rings. The summed E-state index contributed by atoms with van der Waals surface area (Å²) in [6.45, 7) is 1.97. The lowest BCUT2D eigenvalue weighted by Crippen LogP contribution is -2.10. The Labute approximate surface area is 199 Å². The number of amides is 1. The number of anilines is 1. The van der Waals surface area contributed by atoms with Crippen LogP contribution in [0.3, 0.4) is 0 Å². The van der Waals surface area contributed by atoms with E-state index >= 15 is 0 Å². The fourth-order valence-corrected chi connectivity index (χ4v) is 4.19. The van der Waals surface area contributed by atoms with Gasteiger partial charge in [0.25, 0.3) is 0 Å². The molecule has 0 saturated heterocycles. The number of aromatic amines is 2. The number of hydrogen-bond acceptors (Lipinski definition) is 6. The molecule has 1 amide bonds. The number of carbonyl (C=O) groups is 1. The maximum Gasteiger partial charge on any atom is 0.224 e. The third-order valence-corrected chi connectivity index (χ3v) is 5.84. The van der Waals surface area contributed by atoms with Crippen LogP contribution >= 0.6 is 0 Å². The number of aromatic nitrogens is 6. The highest BCUT2D eigenvalue weighted by atomic mass is 16.3. The molecule has 6 heterocycles. The van der Waals surface area contributed by atoms with Crippen molar-refractivity contribution in [2.75, 3.05) is 5.32 Å². The molecule has 0 fully saturated rings. The zero-order chi connectivity index (χ0) is 23.8. The maximum absolute atomic E-state index is 12.0. The van der Waals surface area contributed by atoms with Crippen molar-refractivity contribution in [1.29, 1.82) is 0 Å². The smallest absolute Gasteiger partial charge is 0.224 e. The van der Waals surface area contributed by atoms with Crippen LogP contribution in [0.1, 0.15) is 19.8 Å². The van der Waals surface area contributed by atoms with E-state index in [9.17, 15) is 4.79 Å². The standard InChI is InChI=1S/C26H21N7O2/c1-2-3-24(34)30-17-8-16(11-27-12-17)21-9-19-23(13-29-21)32-33-26(19)22-10-18-20(31-22)4-6-28-25(18)15-5-7-35-14-15/h4-14,31H,2-3H2,1H3,(H,30,34)(H,32,33). The molecule has 0 unspecified atom stereocenters. The summed E-state index contributed by atoms with van der Waals surface area (Å²) in [4.78, 5) is 28.9. The monoisotopic (exact) mass is 463 g/mol. The van der Waals surface area contributed by atoms with Gasteiger partial charge in [-0.25, -0.2) is 0 Å². The van der Waals surface area contributed by atoms with Crippen molar-refractivity contribution in [1.82, 2.24) is 30.1 Å². The largest absolute Gasteiger partial charge is 0.472 e. The Kier molecular flexibility index (Phi) is 5.07. The first-order valence-corrected chi connectivity index (χ1v) is 11.3. The number of hydrogen-bond donors (Lipinski definition) is 3. The topological polar surface area (TPSA) is 125 Å². The van der Waals surface area contributed by atoms with Crippen LogP contribution in [0.25, 0.3) is 55.7 Å². The number of pyridine rings is 3. The minimum Gasteiger partial charge on any atom is -0.472 e. The van der Waals surface area contributed by atoms with Gasteiger partial charge in [-0.1, -0.05) is 6.92 Å². The number of nitrogens with one attached hydrogen (secondary N) is 3. The Morgan fingerprint density at radius 2 is 1.91 bits per heavy atom. The summed E-state index contributed by atoms with van der Waals surface area (Å²) in [7, 11) is 0. The Balaban J connectivity index is 1.40. The van der Waals surface area contributed by atoms with E-state index < -0.39 is 0 Å². The van der Waals surface area contributed by atoms with E-state index in [-0.39, 0.29) is 5.91 Å². The highest BCUT2D eigenvalue weighted by Crippen LogP contribution is 2.34. The van der Waals surface area contributed by atoms with E-state index in [1.165, 1.54) is 0 Å². The lowest BCUT2D eigenvalue weighted by molar-refractivity contribution is -0.116. The van der Waals surface area contributed by atoms with E-state index in [1.807, 2.05) is 37.3 Å². The molecule has 0 atom stereocenters. The van der Waals surface area contributed by atoms with Crippen LogP contribution in [-0.4, -0.2) is 36.0 Å². The highest BCUT2D eigenvalue weighted by Gasteiger charge is 2.16. The molecule has 9 heteroatoms. The maximum atomic E-state index is 12.0. The fraction of sp³-hybridized carbons (Fsp3) is 0.115. The van der Waals surface area contributed by atoms with Gasteiger partial charge in [-0.05, 0) is 36.8 Å². The third-order valence-electron chi connectivity index (χ3n) is 5.84. The number of rotatable bonds is 6. The van der Waals surface area contributed by atoms with Crippen LogP contribution in [-0.2, 0) is 4.79 Å². The van der Waals surface area contributed by atoms with Crippen molar-refractivity contribution < 1.29 is 9.21 Å². The molecule has 35 heavy (non-hydrogen) atoms. The summed E-state index contributed by atoms with van der Waals surface area (Å²) in [6.07, 6.45) is 11.5. The van der Waals surface area contributed by atoms with Gasteiger partial charge in [-0.2, -0.15) is 5.10 Å². The summed E-state index contributed by atoms with van der Waals surface area (Å²) < 4.78 is 5.25. The molecule has 6 aromatic rings. The number of furan rings is 1. The summed E-state index contributed by atoms with van der Waals surface area (Å²) in [5, 5.41) is 12.4. The fourth-order valence-electron chi connectivity index (χ4n) is 4.19. The van der Waals surface area contributed by atoms with Crippen LogP contribution in [0.2, 0.25) is 0 Å². The minimum atomic E-state index is -0.0323. The number of fused-ring (bicyclic) bond motifs is 2. The Hall–Kier alpha value is -4.79. The molecule has 0 saturated carbocycles. The quantitative estimate of drug-likeness (QED) is 0.297. The molecular formula is C26H21N7O2. The van der Waals surface area contributed by atoms with Crippen molar-refractivity contribution in [2.24, 2.45) is 0 Å². The van der Waals surface area contributed by atoms with Gasteiger partial charge in [0.2, 0.25) is 5.91 Å². The average Bonchev–Trinajstić information content (AvgIpc) is 3.63. The first-order chi connectivity index (χ1) is 17.2. The molecule has 6 aromatic heterocycles. The second-order valence-electron chi connectivity index (χ2n) is 8.26. The van der Waals surface area contributed by atoms with Crippen LogP contribution < -0.4 is 5.32 Å². The minimum absolute atomic E-state index is 0.0323. The molecule has 0 aliphatic heterocycles. The Bertz CT molecular complexity index is 1660. The molecule has 0 spiro atoms. The van der Waals surface area contributed by atoms with Gasteiger partial charge in [0.1, 0.15) is 5.69 Å². The van der Waals surface area contributed by atoms with Gasteiger partial charge < -0.3 is 14.7 Å². The summed E-state index contributed by atoms with van der Waals surface area (Å²) >= 11 is 0. The van der Waals surface area contributed by atoms with Crippen LogP contribution in [0.15, 0.2) is 72.1 Å². The summed E-state index contributed by atoms with van der Waals surface area (Å²) in [6, 6.07) is 9.73. The van der Waals surface area contributed by atoms with Crippen LogP contribution in [0.4, 0.5) is 5.69 Å². The van der Waals surface area contributed by atoms with Gasteiger partial charge in [-0.15, -0.1) is 0 Å². The van der Waals surface area contributed by atoms with E-state index in [1.54, 1.807) is 37.3 Å². The molecule has 0 bridgehead atoms. The highest BCUT2D eigenvalue weighted by molar-refractivity contribution is 6.00. The normalized spacial score (nSPS) is 11.3. The molecule has 0 aromatic carbocycles. The second-order valence-corrected chi connectivity index (χ2v) is 8.26. The van der Waals surface area contributed by atoms with E-state index in [0.717, 1.165) is 62.1 Å². The Morgan fingerprint density at radius 3 is 2.77 bits per heavy atom. The van der Waals surface area contributed by atoms with Crippen molar-refractivity contribution >= 4 is 33.4 Å². The van der Waals surface area contributed by atoms with E-state index in [0.29, 0.717) is 12.1 Å². The third kappa shape index (κ3) is 3.82. The number of nitrogens with zero attached hydrogens (tertiary/aromatic N) is 4. The molecule has 6 rings (SSSR count). The SMILES string of the molecule is CCCC(=O)Nc1cncc(-c2cc3c(-c4cc5c(-c6ccoc6)nccc5[nH]4)n[nH]c3cn2)c1. The van der Waals surface area contributed by atoms with Gasteiger partial charge in [-0.3, -0.25) is 24.8 Å². The van der Waals surface area contributed by atoms with Crippen LogP contribution in [0, 0.1) is 0 Å². The van der Waals surface area contributed by atoms with Gasteiger partial charge in [0, 0.05) is 46.2 Å². The van der Waals surface area contributed by atoms with Gasteiger partial charge >= 0.3 is 0 Å². The van der Waals surface area contributed by atoms with Crippen molar-refractivity contribution in [3.63, 3.8) is 0 Å². The van der Waals surface area contributed by atoms with Crippen molar-refractivity contribution in [3.8, 4) is 33.9 Å². The van der Waals surface area contributed by atoms with E-state index in [2.05, 4.69) is 35.5 Å². The predicted molar refractivity (Wildman–Crippen MR) is 133 cm³/mol. The lowest BCUT2D eigenvalue weighted by Gasteiger charge is -2.06. The van der Waals surface area contributed by atoms with Crippen LogP contribution in [0.5, 0.6) is 0 Å². The van der Waals surface area contributed by atoms with Crippen molar-refractivity contribution in [3.05, 3.63) is 67.6 Å². The average molecular weight is 464 g/mol. The number of H-pyrrole nitrogens is 2. The number of carbonyl (C=O) groups excluding carboxylic acids is 1. The van der Waals surface area contributed by atoms with Gasteiger partial charge in [0.15, 0.2) is 0 Å². The molecule has 172 valence electrons. The Morgan fingerprint density at radius 1 is 1.00 bits per heavy atom. The zero-order valence-corrected chi connectivity index (χ0v) is 18.9. The molecule has 9 nitrogen and oxygen atoms in total. The van der Waals surface area contributed by atoms with E-state index in [4.69, 9.17) is 4.42 Å². The first kappa shape index (κ1) is 20.8. The van der Waals surface area contributed by atoms with Gasteiger partial charge in [0.05, 0.1) is 53.2 Å². The second kappa shape index (κ2) is 8.53. The molecule has 0 aliphatic carbocycles. The molecular weight excluding hydrogens is 442 g/mol.